The summed E-state index contributed by atoms with van der Waals surface area (Å²) in [6, 6.07) is 0. The summed E-state index contributed by atoms with van der Waals surface area (Å²) in [6.45, 7) is 1.11. The summed E-state index contributed by atoms with van der Waals surface area (Å²) in [7, 11) is 0. The number of nitrogens with one attached hydrogen (secondary N) is 1. The minimum atomic E-state index is -1.85. The van der Waals surface area contributed by atoms with Gasteiger partial charge >= 0.3 is 0 Å². The quantitative estimate of drug-likeness (QED) is 0.703. The molecule has 0 radical (unpaired) electrons. The van der Waals surface area contributed by atoms with Crippen LogP contribution in [0, 0.1) is 0 Å². The normalized spacial score (nSPS) is 32.9. The fourth-order valence-electron chi connectivity index (χ4n) is 2.58. The number of hydrogen-bond donors (Lipinski definition) is 3. The number of hydrogen-bond acceptors (Lipinski definition) is 6. The van der Waals surface area contributed by atoms with E-state index in [0.717, 1.165) is 10.9 Å². The number of aromatic amines is 1. The number of ether oxygens (including phenoxy) is 1. The van der Waals surface area contributed by atoms with Crippen LogP contribution in [0.2, 0.25) is 0 Å². The number of H-pyrrole nitrogens is 1. The van der Waals surface area contributed by atoms with Crippen LogP contribution in [0.3, 0.4) is 0 Å². The van der Waals surface area contributed by atoms with Crippen molar-refractivity contribution >= 4 is 11.2 Å². The van der Waals surface area contributed by atoms with Crippen LogP contribution in [-0.4, -0.2) is 54.2 Å². The first kappa shape index (κ1) is 14.1. The van der Waals surface area contributed by atoms with Gasteiger partial charge in [0.05, 0.1) is 12.9 Å². The van der Waals surface area contributed by atoms with Crippen molar-refractivity contribution in [3.8, 4) is 0 Å². The lowest BCUT2D eigenvalue weighted by atomic mass is 9.94. The molecule has 0 bridgehead atoms. The van der Waals surface area contributed by atoms with Crippen molar-refractivity contribution in [2.24, 2.45) is 0 Å². The van der Waals surface area contributed by atoms with Gasteiger partial charge in [-0.05, 0) is 6.42 Å². The molecule has 21 heavy (non-hydrogen) atoms. The third-order valence-electron chi connectivity index (χ3n) is 3.98. The average Bonchev–Trinajstić information content (AvgIpc) is 3.06. The third-order valence-corrected chi connectivity index (χ3v) is 3.98. The van der Waals surface area contributed by atoms with E-state index in [0.29, 0.717) is 0 Å². The lowest BCUT2D eigenvalue weighted by molar-refractivity contribution is -0.130. The molecule has 0 amide bonds. The largest absolute Gasteiger partial charge is 0.393 e. The Morgan fingerprint density at radius 2 is 2.33 bits per heavy atom. The van der Waals surface area contributed by atoms with Crippen LogP contribution in [0.4, 0.5) is 4.39 Å². The van der Waals surface area contributed by atoms with Gasteiger partial charge in [0.15, 0.2) is 23.6 Å². The molecule has 8 nitrogen and oxygen atoms in total. The summed E-state index contributed by atoms with van der Waals surface area (Å²) in [5.41, 5.74) is -1.66. The van der Waals surface area contributed by atoms with E-state index >= 15 is 0 Å². The summed E-state index contributed by atoms with van der Waals surface area (Å²) in [6.07, 6.45) is -2.09. The van der Waals surface area contributed by atoms with E-state index in [2.05, 4.69) is 15.0 Å². The van der Waals surface area contributed by atoms with Gasteiger partial charge in [-0.25, -0.2) is 14.4 Å². The highest BCUT2D eigenvalue weighted by Crippen LogP contribution is 2.40. The highest BCUT2D eigenvalue weighted by Gasteiger charge is 2.55. The Kier molecular flexibility index (Phi) is 3.27. The minimum Gasteiger partial charge on any atom is -0.393 e. The molecule has 3 N–H and O–H groups in total. The van der Waals surface area contributed by atoms with Crippen molar-refractivity contribution in [1.29, 1.82) is 0 Å². The highest BCUT2D eigenvalue weighted by atomic mass is 19.1. The number of nitrogens with zero attached hydrogens (tertiary/aromatic N) is 3. The van der Waals surface area contributed by atoms with Crippen molar-refractivity contribution in [3.05, 3.63) is 23.0 Å². The van der Waals surface area contributed by atoms with Crippen LogP contribution >= 0.6 is 0 Å². The highest BCUT2D eigenvalue weighted by molar-refractivity contribution is 5.67. The predicted molar refractivity (Wildman–Crippen MR) is 69.3 cm³/mol. The molecule has 3 rings (SSSR count). The van der Waals surface area contributed by atoms with Crippen LogP contribution in [0.15, 0.2) is 17.4 Å². The number of halogens is 1. The van der Waals surface area contributed by atoms with Crippen LogP contribution in [0.1, 0.15) is 19.6 Å². The zero-order valence-electron chi connectivity index (χ0n) is 11.2. The monoisotopic (exact) mass is 298 g/mol. The number of alkyl halides is 1. The molecule has 1 aliphatic rings. The Bertz CT molecular complexity index is 711. The van der Waals surface area contributed by atoms with Crippen molar-refractivity contribution < 1.29 is 19.3 Å². The number of aliphatic hydroxyl groups is 2. The Hall–Kier alpha value is -1.84. The number of fused-ring (bicyclic) bond motifs is 1. The first-order chi connectivity index (χ1) is 10.0. The van der Waals surface area contributed by atoms with Gasteiger partial charge in [-0.15, -0.1) is 0 Å². The first-order valence-electron chi connectivity index (χ1n) is 6.55. The lowest BCUT2D eigenvalue weighted by Gasteiger charge is -2.28. The van der Waals surface area contributed by atoms with E-state index in [9.17, 15) is 19.4 Å². The van der Waals surface area contributed by atoms with E-state index in [4.69, 9.17) is 4.74 Å². The van der Waals surface area contributed by atoms with E-state index in [1.165, 1.54) is 6.33 Å². The molecular weight excluding hydrogens is 283 g/mol. The zero-order valence-corrected chi connectivity index (χ0v) is 11.2. The Morgan fingerprint density at radius 3 is 2.95 bits per heavy atom. The maximum atomic E-state index is 14.3. The fraction of sp³-hybridized carbons (Fsp3) is 0.583. The molecule has 0 saturated carbocycles. The topological polar surface area (TPSA) is 113 Å². The smallest absolute Gasteiger partial charge is 0.283 e. The molecule has 1 fully saturated rings. The number of aliphatic hydroxyl groups excluding tert-OH is 2. The zero-order chi connectivity index (χ0) is 15.2. The lowest BCUT2D eigenvalue weighted by Crippen LogP contribution is -2.44. The van der Waals surface area contributed by atoms with Crippen LogP contribution in [-0.2, 0) is 4.74 Å². The van der Waals surface area contributed by atoms with E-state index in [-0.39, 0.29) is 17.6 Å². The molecule has 1 aliphatic heterocycles. The standard InChI is InChI=1S/C12H15FN4O4/c1-2-12(3-18)8(19)6(13)11(21-12)17-5-16-9-7(10(17)20)14-4-15-9/h4-6,8,11,18-19H,2-3H2,1H3,(H,14,15)/t6-,8-,11+,12+/m0/s1. The summed E-state index contributed by atoms with van der Waals surface area (Å²) in [4.78, 5) is 22.7. The summed E-state index contributed by atoms with van der Waals surface area (Å²) < 4.78 is 20.8. The van der Waals surface area contributed by atoms with Gasteiger partial charge in [0.2, 0.25) is 0 Å². The Morgan fingerprint density at radius 1 is 1.57 bits per heavy atom. The van der Waals surface area contributed by atoms with Gasteiger partial charge in [0, 0.05) is 0 Å². The number of imidazole rings is 1. The second-order valence-corrected chi connectivity index (χ2v) is 5.03. The summed E-state index contributed by atoms with van der Waals surface area (Å²) in [5.74, 6) is 0. The van der Waals surface area contributed by atoms with Gasteiger partial charge in [-0.3, -0.25) is 9.36 Å². The Labute approximate surface area is 118 Å². The molecule has 2 aromatic heterocycles. The number of aromatic nitrogens is 4. The van der Waals surface area contributed by atoms with Crippen molar-refractivity contribution in [2.45, 2.75) is 37.4 Å². The molecule has 4 atom stereocenters. The van der Waals surface area contributed by atoms with Crippen molar-refractivity contribution in [1.82, 2.24) is 19.5 Å². The third kappa shape index (κ3) is 1.88. The van der Waals surface area contributed by atoms with Crippen molar-refractivity contribution in [3.63, 3.8) is 0 Å². The molecule has 3 heterocycles. The molecule has 0 aliphatic carbocycles. The first-order valence-corrected chi connectivity index (χ1v) is 6.55. The fourth-order valence-corrected chi connectivity index (χ4v) is 2.58. The van der Waals surface area contributed by atoms with E-state index < -0.39 is 36.3 Å². The predicted octanol–water partition coefficient (Wildman–Crippen LogP) is -0.512. The molecule has 0 spiro atoms. The molecule has 114 valence electrons. The van der Waals surface area contributed by atoms with Crippen LogP contribution in [0.5, 0.6) is 0 Å². The van der Waals surface area contributed by atoms with Crippen LogP contribution in [0.25, 0.3) is 11.2 Å². The summed E-state index contributed by atoms with van der Waals surface area (Å²) >= 11 is 0. The minimum absolute atomic E-state index is 0.0563. The Balaban J connectivity index is 2.07. The second kappa shape index (κ2) is 4.86. The van der Waals surface area contributed by atoms with Gasteiger partial charge in [-0.1, -0.05) is 6.92 Å². The molecule has 0 aromatic carbocycles. The maximum absolute atomic E-state index is 14.3. The molecule has 2 aromatic rings. The van der Waals surface area contributed by atoms with Gasteiger partial charge in [0.1, 0.15) is 18.0 Å². The second-order valence-electron chi connectivity index (χ2n) is 5.03. The molecule has 1 saturated heterocycles. The molecular formula is C12H15FN4O4. The molecule has 9 heteroatoms. The van der Waals surface area contributed by atoms with E-state index in [1.54, 1.807) is 6.92 Å². The summed E-state index contributed by atoms with van der Waals surface area (Å²) in [5, 5.41) is 19.4. The average molecular weight is 298 g/mol. The van der Waals surface area contributed by atoms with E-state index in [1.807, 2.05) is 0 Å². The SMILES string of the molecule is CC[C@]1(CO)O[C@@H](n2cnc3[nH]cnc3c2=O)[C@@H](F)[C@@H]1O. The van der Waals surface area contributed by atoms with Crippen LogP contribution < -0.4 is 5.56 Å². The van der Waals surface area contributed by atoms with Gasteiger partial charge < -0.3 is 19.9 Å². The van der Waals surface area contributed by atoms with Crippen molar-refractivity contribution in [2.75, 3.05) is 6.61 Å². The van der Waals surface area contributed by atoms with Gasteiger partial charge in [0.25, 0.3) is 5.56 Å². The number of rotatable bonds is 3. The molecule has 0 unspecified atom stereocenters. The maximum Gasteiger partial charge on any atom is 0.283 e. The van der Waals surface area contributed by atoms with Gasteiger partial charge in [-0.2, -0.15) is 0 Å².